The monoisotopic (exact) mass is 463 g/mol. The fourth-order valence-electron chi connectivity index (χ4n) is 4.33. The lowest BCUT2D eigenvalue weighted by Crippen LogP contribution is -2.44. The standard InChI is InChI=1S/C27H33N3O2S/c1-2-21-11-13-22(14-12-21)19-25-27(32)30(23-9-5-6-10-24(23)33-25)20-26(31)28-15-18-29-16-7-3-4-8-17-29/h5-6,9-14,19H,2-4,7-8,15-18,20H2,1H3,(H,28,31). The summed E-state index contributed by atoms with van der Waals surface area (Å²) < 4.78 is 0. The Labute approximate surface area is 201 Å². The maximum Gasteiger partial charge on any atom is 0.265 e. The zero-order chi connectivity index (χ0) is 23.0. The zero-order valence-electron chi connectivity index (χ0n) is 19.4. The number of carbonyl (C=O) groups is 2. The van der Waals surface area contributed by atoms with Crippen LogP contribution in [0, 0.1) is 0 Å². The van der Waals surface area contributed by atoms with Crippen LogP contribution in [0.15, 0.2) is 58.3 Å². The van der Waals surface area contributed by atoms with Crippen LogP contribution in [-0.4, -0.2) is 49.4 Å². The topological polar surface area (TPSA) is 52.7 Å². The van der Waals surface area contributed by atoms with E-state index in [-0.39, 0.29) is 18.4 Å². The SMILES string of the molecule is CCc1ccc(C=C2Sc3ccccc3N(CC(=O)NCCN3CCCCCC3)C2=O)cc1. The molecule has 6 heteroatoms. The Morgan fingerprint density at radius 1 is 1.03 bits per heavy atom. The summed E-state index contributed by atoms with van der Waals surface area (Å²) in [5.74, 6) is -0.243. The Morgan fingerprint density at radius 2 is 1.76 bits per heavy atom. The van der Waals surface area contributed by atoms with Gasteiger partial charge in [0.2, 0.25) is 5.91 Å². The Morgan fingerprint density at radius 3 is 2.48 bits per heavy atom. The van der Waals surface area contributed by atoms with E-state index >= 15 is 0 Å². The summed E-state index contributed by atoms with van der Waals surface area (Å²) in [6, 6.07) is 16.1. The zero-order valence-corrected chi connectivity index (χ0v) is 20.2. The van der Waals surface area contributed by atoms with Gasteiger partial charge in [-0.3, -0.25) is 14.5 Å². The molecule has 0 unspecified atom stereocenters. The van der Waals surface area contributed by atoms with Crippen LogP contribution >= 0.6 is 11.8 Å². The molecule has 4 rings (SSSR count). The Bertz CT molecular complexity index is 995. The summed E-state index contributed by atoms with van der Waals surface area (Å²) in [5, 5.41) is 3.03. The molecule has 0 aliphatic carbocycles. The molecule has 0 bridgehead atoms. The Hall–Kier alpha value is -2.57. The van der Waals surface area contributed by atoms with Gasteiger partial charge in [0, 0.05) is 18.0 Å². The number of rotatable bonds is 7. The second-order valence-electron chi connectivity index (χ2n) is 8.67. The van der Waals surface area contributed by atoms with Crippen LogP contribution in [0.1, 0.15) is 43.7 Å². The summed E-state index contributed by atoms with van der Waals surface area (Å²) in [6.45, 7) is 5.86. The van der Waals surface area contributed by atoms with Gasteiger partial charge in [-0.05, 0) is 61.7 Å². The van der Waals surface area contributed by atoms with Crippen molar-refractivity contribution in [3.05, 3.63) is 64.6 Å². The van der Waals surface area contributed by atoms with E-state index < -0.39 is 0 Å². The quantitative estimate of drug-likeness (QED) is 0.604. The van der Waals surface area contributed by atoms with Gasteiger partial charge in [0.15, 0.2) is 0 Å². The van der Waals surface area contributed by atoms with Crippen molar-refractivity contribution in [1.82, 2.24) is 10.2 Å². The first kappa shape index (κ1) is 23.6. The third-order valence-corrected chi connectivity index (χ3v) is 7.35. The van der Waals surface area contributed by atoms with E-state index in [0.29, 0.717) is 11.4 Å². The Kier molecular flexibility index (Phi) is 8.24. The van der Waals surface area contributed by atoms with Crippen molar-refractivity contribution in [3.8, 4) is 0 Å². The molecule has 0 spiro atoms. The molecule has 5 nitrogen and oxygen atoms in total. The van der Waals surface area contributed by atoms with Crippen LogP contribution in [0.5, 0.6) is 0 Å². The molecule has 0 saturated carbocycles. The maximum atomic E-state index is 13.4. The van der Waals surface area contributed by atoms with Gasteiger partial charge in [-0.15, -0.1) is 0 Å². The maximum absolute atomic E-state index is 13.4. The first-order valence-electron chi connectivity index (χ1n) is 12.0. The largest absolute Gasteiger partial charge is 0.353 e. The van der Waals surface area contributed by atoms with Crippen LogP contribution in [0.4, 0.5) is 5.69 Å². The molecule has 2 aliphatic heterocycles. The lowest BCUT2D eigenvalue weighted by Gasteiger charge is -2.30. The highest BCUT2D eigenvalue weighted by Crippen LogP contribution is 2.41. The van der Waals surface area contributed by atoms with Gasteiger partial charge >= 0.3 is 0 Å². The van der Waals surface area contributed by atoms with E-state index in [9.17, 15) is 9.59 Å². The highest BCUT2D eigenvalue weighted by Gasteiger charge is 2.30. The molecule has 0 atom stereocenters. The molecular weight excluding hydrogens is 430 g/mol. The van der Waals surface area contributed by atoms with Crippen LogP contribution < -0.4 is 10.2 Å². The number of nitrogens with zero attached hydrogens (tertiary/aromatic N) is 2. The number of nitrogens with one attached hydrogen (secondary N) is 1. The summed E-state index contributed by atoms with van der Waals surface area (Å²) in [7, 11) is 0. The summed E-state index contributed by atoms with van der Waals surface area (Å²) >= 11 is 1.47. The first-order chi connectivity index (χ1) is 16.1. The van der Waals surface area contributed by atoms with Gasteiger partial charge in [0.1, 0.15) is 6.54 Å². The third kappa shape index (κ3) is 6.27. The minimum Gasteiger partial charge on any atom is -0.353 e. The van der Waals surface area contributed by atoms with Gasteiger partial charge in [0.25, 0.3) is 5.91 Å². The number of amides is 2. The van der Waals surface area contributed by atoms with E-state index in [1.165, 1.54) is 43.0 Å². The van der Waals surface area contributed by atoms with E-state index in [1.807, 2.05) is 42.5 Å². The molecule has 33 heavy (non-hydrogen) atoms. The highest BCUT2D eigenvalue weighted by atomic mass is 32.2. The average molecular weight is 464 g/mol. The highest BCUT2D eigenvalue weighted by molar-refractivity contribution is 8.04. The second-order valence-corrected chi connectivity index (χ2v) is 9.75. The number of anilines is 1. The van der Waals surface area contributed by atoms with Crippen molar-refractivity contribution in [3.63, 3.8) is 0 Å². The van der Waals surface area contributed by atoms with Crippen LogP contribution in [0.2, 0.25) is 0 Å². The van der Waals surface area contributed by atoms with Crippen LogP contribution in [0.3, 0.4) is 0 Å². The smallest absolute Gasteiger partial charge is 0.265 e. The Balaban J connectivity index is 1.43. The summed E-state index contributed by atoms with van der Waals surface area (Å²) in [5.41, 5.74) is 3.06. The first-order valence-corrected chi connectivity index (χ1v) is 12.8. The van der Waals surface area contributed by atoms with Gasteiger partial charge < -0.3 is 10.2 Å². The molecule has 0 aromatic heterocycles. The van der Waals surface area contributed by atoms with Crippen molar-refractivity contribution in [2.45, 2.75) is 43.9 Å². The molecule has 2 heterocycles. The van der Waals surface area contributed by atoms with Gasteiger partial charge in [-0.25, -0.2) is 0 Å². The van der Waals surface area contributed by atoms with Crippen molar-refractivity contribution in [2.24, 2.45) is 0 Å². The molecular formula is C27H33N3O2S. The predicted octanol–water partition coefficient (Wildman–Crippen LogP) is 4.72. The molecule has 1 saturated heterocycles. The lowest BCUT2D eigenvalue weighted by molar-refractivity contribution is -0.122. The molecule has 2 aliphatic rings. The van der Waals surface area contributed by atoms with E-state index in [0.717, 1.165) is 42.2 Å². The number of benzene rings is 2. The third-order valence-electron chi connectivity index (χ3n) is 6.27. The molecule has 174 valence electrons. The van der Waals surface area contributed by atoms with E-state index in [1.54, 1.807) is 4.90 Å². The molecule has 1 fully saturated rings. The summed E-state index contributed by atoms with van der Waals surface area (Å²) in [6.07, 6.45) is 7.99. The van der Waals surface area contributed by atoms with Crippen molar-refractivity contribution >= 4 is 35.3 Å². The van der Waals surface area contributed by atoms with Crippen molar-refractivity contribution in [1.29, 1.82) is 0 Å². The van der Waals surface area contributed by atoms with Crippen molar-refractivity contribution < 1.29 is 9.59 Å². The van der Waals surface area contributed by atoms with Gasteiger partial charge in [0.05, 0.1) is 10.6 Å². The van der Waals surface area contributed by atoms with Gasteiger partial charge in [-0.2, -0.15) is 0 Å². The lowest BCUT2D eigenvalue weighted by atomic mass is 10.1. The number of hydrogen-bond acceptors (Lipinski definition) is 4. The van der Waals surface area contributed by atoms with Gasteiger partial charge in [-0.1, -0.05) is 67.9 Å². The minimum absolute atomic E-state index is 0.0303. The van der Waals surface area contributed by atoms with Crippen molar-refractivity contribution in [2.75, 3.05) is 37.6 Å². The molecule has 2 aromatic rings. The van der Waals surface area contributed by atoms with Crippen LogP contribution in [0.25, 0.3) is 6.08 Å². The number of fused-ring (bicyclic) bond motifs is 1. The molecule has 2 amide bonds. The minimum atomic E-state index is -0.124. The fraction of sp³-hybridized carbons (Fsp3) is 0.407. The summed E-state index contributed by atoms with van der Waals surface area (Å²) in [4.78, 5) is 31.8. The number of para-hydroxylation sites is 1. The number of likely N-dealkylation sites (tertiary alicyclic amines) is 1. The molecule has 1 N–H and O–H groups in total. The number of aryl methyl sites for hydroxylation is 1. The van der Waals surface area contributed by atoms with E-state index in [4.69, 9.17) is 0 Å². The normalized spacial score (nSPS) is 18.2. The van der Waals surface area contributed by atoms with Crippen LogP contribution in [-0.2, 0) is 16.0 Å². The molecule has 0 radical (unpaired) electrons. The van der Waals surface area contributed by atoms with E-state index in [2.05, 4.69) is 29.3 Å². The molecule has 2 aromatic carbocycles. The number of carbonyl (C=O) groups excluding carboxylic acids is 2. The number of thioether (sulfide) groups is 1. The second kappa shape index (κ2) is 11.5. The predicted molar refractivity (Wildman–Crippen MR) is 136 cm³/mol. The average Bonchev–Trinajstić information content (AvgIpc) is 3.11. The number of hydrogen-bond donors (Lipinski definition) is 1. The fourth-order valence-corrected chi connectivity index (χ4v) is 5.39.